The summed E-state index contributed by atoms with van der Waals surface area (Å²) >= 11 is 0. The second-order valence-electron chi connectivity index (χ2n) is 9.71. The molecule has 1 unspecified atom stereocenters. The molecule has 7 atom stereocenters. The van der Waals surface area contributed by atoms with E-state index in [1.807, 2.05) is 0 Å². The number of anilines is 1. The lowest BCUT2D eigenvalue weighted by Gasteiger charge is -2.23. The molecule has 5 rings (SSSR count). The molecule has 0 radical (unpaired) electrons. The number of aliphatic hydroxyl groups is 1. The number of H-pyrrole nitrogens is 2. The molecule has 2 aliphatic heterocycles. The fraction of sp³-hybridized carbons (Fsp3) is 0.550. The lowest BCUT2D eigenvalue weighted by molar-refractivity contribution is -0.0560. The van der Waals surface area contributed by atoms with E-state index in [-0.39, 0.29) is 35.5 Å². The van der Waals surface area contributed by atoms with Crippen molar-refractivity contribution in [2.45, 2.75) is 56.6 Å². The first kappa shape index (κ1) is 31.4. The second-order valence-corrected chi connectivity index (χ2v) is 12.3. The predicted molar refractivity (Wildman–Crippen MR) is 140 cm³/mol. The molecule has 0 aromatic carbocycles. The molecule has 2 saturated heterocycles. The highest BCUT2D eigenvalue weighted by Gasteiger charge is 2.45. The molecular weight excluding hydrogens is 624 g/mol. The third-order valence-corrected chi connectivity index (χ3v) is 8.26. The van der Waals surface area contributed by atoms with Crippen molar-refractivity contribution in [3.63, 3.8) is 0 Å². The summed E-state index contributed by atoms with van der Waals surface area (Å²) in [4.78, 5) is 77.6. The highest BCUT2D eigenvalue weighted by Crippen LogP contribution is 2.50. The van der Waals surface area contributed by atoms with Crippen LogP contribution < -0.4 is 22.5 Å². The lowest BCUT2D eigenvalue weighted by Crippen LogP contribution is -2.33. The Labute approximate surface area is 239 Å². The van der Waals surface area contributed by atoms with E-state index in [2.05, 4.69) is 19.9 Å². The minimum absolute atomic E-state index is 0.00142. The van der Waals surface area contributed by atoms with Gasteiger partial charge in [-0.1, -0.05) is 0 Å². The number of hydrogen-bond acceptors (Lipinski definition) is 14. The Hall–Kier alpha value is -3.07. The van der Waals surface area contributed by atoms with Crippen LogP contribution in [0.1, 0.15) is 30.9 Å². The van der Waals surface area contributed by atoms with Crippen LogP contribution in [0.4, 0.5) is 5.95 Å². The number of nitrogens with zero attached hydrogens (tertiary/aromatic N) is 4. The first-order valence-electron chi connectivity index (χ1n) is 12.5. The standard InChI is InChI=1S/C20H27N7O14P2/c1-8-4-26(20(31)25-17(8)29)13-2-9(11(5-28)38-13)41-43(35,36)37-6-12-10(40-42(32,33)34)3-14(39-12)27-7-22-15-16(27)23-19(21)24-18(15)30/h4,7,9-14,28H,2-3,5-6H2,1H3,(H,35,36)(H,25,29,31)(H2,32,33,34)(H3,21,23,24,30)/t9-,10-,11+,12+,13+,14+/m0/s1. The number of phosphoric acid groups is 2. The van der Waals surface area contributed by atoms with E-state index in [1.165, 1.54) is 24.0 Å². The van der Waals surface area contributed by atoms with Gasteiger partial charge in [0.2, 0.25) is 5.95 Å². The maximum Gasteiger partial charge on any atom is 0.472 e. The van der Waals surface area contributed by atoms with Crippen LogP contribution in [0.3, 0.4) is 0 Å². The Bertz CT molecular complexity index is 1780. The van der Waals surface area contributed by atoms with E-state index in [0.717, 1.165) is 4.57 Å². The number of aliphatic hydroxyl groups excluding tert-OH is 1. The van der Waals surface area contributed by atoms with Crippen molar-refractivity contribution in [3.8, 4) is 0 Å². The number of nitrogen functional groups attached to an aromatic ring is 1. The Balaban J connectivity index is 1.29. The van der Waals surface area contributed by atoms with Crippen molar-refractivity contribution < 1.29 is 52.0 Å². The monoisotopic (exact) mass is 651 g/mol. The third kappa shape index (κ3) is 6.87. The second kappa shape index (κ2) is 11.8. The van der Waals surface area contributed by atoms with Crippen LogP contribution in [0.25, 0.3) is 11.2 Å². The van der Waals surface area contributed by atoms with Gasteiger partial charge in [-0.05, 0) is 6.92 Å². The smallest absolute Gasteiger partial charge is 0.394 e. The summed E-state index contributed by atoms with van der Waals surface area (Å²) in [5.41, 5.74) is 3.67. The van der Waals surface area contributed by atoms with E-state index in [0.29, 0.717) is 0 Å². The van der Waals surface area contributed by atoms with Crippen molar-refractivity contribution in [1.29, 1.82) is 0 Å². The molecule has 5 heterocycles. The topological polar surface area (TPSA) is 306 Å². The highest BCUT2D eigenvalue weighted by molar-refractivity contribution is 7.47. The number of aryl methyl sites for hydroxylation is 1. The average Bonchev–Trinajstić information content (AvgIpc) is 3.60. The van der Waals surface area contributed by atoms with Gasteiger partial charge in [0.05, 0.1) is 19.5 Å². The molecule has 0 amide bonds. The number of fused-ring (bicyclic) bond motifs is 1. The Morgan fingerprint density at radius 2 is 1.67 bits per heavy atom. The molecule has 23 heteroatoms. The number of ether oxygens (including phenoxy) is 2. The predicted octanol–water partition coefficient (Wildman–Crippen LogP) is -1.89. The van der Waals surface area contributed by atoms with Gasteiger partial charge in [-0.3, -0.25) is 42.3 Å². The summed E-state index contributed by atoms with van der Waals surface area (Å²) in [5, 5.41) is 9.73. The van der Waals surface area contributed by atoms with Crippen molar-refractivity contribution in [3.05, 3.63) is 49.3 Å². The molecule has 43 heavy (non-hydrogen) atoms. The number of hydrogen-bond donors (Lipinski definition) is 7. The van der Waals surface area contributed by atoms with E-state index in [9.17, 15) is 43.3 Å². The zero-order valence-corrected chi connectivity index (χ0v) is 23.9. The minimum atomic E-state index is -5.08. The van der Waals surface area contributed by atoms with Crippen molar-refractivity contribution in [2.24, 2.45) is 0 Å². The van der Waals surface area contributed by atoms with Crippen molar-refractivity contribution >= 4 is 32.8 Å². The molecule has 0 aliphatic carbocycles. The zero-order chi connectivity index (χ0) is 31.3. The highest BCUT2D eigenvalue weighted by atomic mass is 31.2. The number of nitrogens with two attached hydrogens (primary N) is 1. The van der Waals surface area contributed by atoms with E-state index in [4.69, 9.17) is 28.8 Å². The average molecular weight is 651 g/mol. The quantitative estimate of drug-likeness (QED) is 0.118. The fourth-order valence-electron chi connectivity index (χ4n) is 4.78. The lowest BCUT2D eigenvalue weighted by atomic mass is 10.2. The Kier molecular flexibility index (Phi) is 8.60. The molecule has 0 bridgehead atoms. The molecule has 236 valence electrons. The van der Waals surface area contributed by atoms with Crippen LogP contribution in [0.5, 0.6) is 0 Å². The van der Waals surface area contributed by atoms with Crippen LogP contribution >= 0.6 is 15.6 Å². The van der Waals surface area contributed by atoms with Gasteiger partial charge in [0, 0.05) is 24.6 Å². The molecule has 3 aromatic rings. The molecule has 3 aromatic heterocycles. The van der Waals surface area contributed by atoms with E-state index < -0.39 is 82.5 Å². The fourth-order valence-corrected chi connectivity index (χ4v) is 6.31. The maximum atomic E-state index is 12.9. The SMILES string of the molecule is Cc1cn([C@H]2C[C@H](OP(=O)(O)OC[C@H]3O[C@@H](n4cnc5c(=O)[nH]c(N)nc54)C[C@@H]3OP(=O)(O)O)[C@@H](CO)O2)c(=O)[nH]c1=O. The summed E-state index contributed by atoms with van der Waals surface area (Å²) in [6, 6.07) is 0. The molecule has 8 N–H and O–H groups in total. The van der Waals surface area contributed by atoms with E-state index >= 15 is 0 Å². The van der Waals surface area contributed by atoms with Crippen LogP contribution in [-0.2, 0) is 32.2 Å². The van der Waals surface area contributed by atoms with Gasteiger partial charge in [-0.15, -0.1) is 0 Å². The molecule has 2 fully saturated rings. The number of imidazole rings is 1. The van der Waals surface area contributed by atoms with E-state index in [1.54, 1.807) is 0 Å². The number of nitrogens with one attached hydrogen (secondary N) is 2. The van der Waals surface area contributed by atoms with Gasteiger partial charge >= 0.3 is 21.3 Å². The normalized spacial score (nSPS) is 27.6. The molecule has 0 saturated carbocycles. The van der Waals surface area contributed by atoms with Gasteiger partial charge in [-0.2, -0.15) is 4.98 Å². The van der Waals surface area contributed by atoms with Crippen LogP contribution in [-0.4, -0.2) is 86.5 Å². The Morgan fingerprint density at radius 1 is 1.02 bits per heavy atom. The van der Waals surface area contributed by atoms with Crippen LogP contribution in [0.2, 0.25) is 0 Å². The summed E-state index contributed by atoms with van der Waals surface area (Å²) in [6.45, 7) is 0.0260. The number of rotatable bonds is 10. The Morgan fingerprint density at radius 3 is 2.35 bits per heavy atom. The molecule has 21 nitrogen and oxygen atoms in total. The zero-order valence-electron chi connectivity index (χ0n) is 22.1. The summed E-state index contributed by atoms with van der Waals surface area (Å²) < 4.78 is 53.3. The number of aromatic amines is 2. The largest absolute Gasteiger partial charge is 0.472 e. The van der Waals surface area contributed by atoms with Gasteiger partial charge < -0.3 is 35.0 Å². The van der Waals surface area contributed by atoms with Crippen LogP contribution in [0.15, 0.2) is 26.9 Å². The maximum absolute atomic E-state index is 12.9. The van der Waals surface area contributed by atoms with Crippen molar-refractivity contribution in [1.82, 2.24) is 29.1 Å². The third-order valence-electron chi connectivity index (χ3n) is 6.70. The van der Waals surface area contributed by atoms with Crippen LogP contribution in [0, 0.1) is 6.92 Å². The van der Waals surface area contributed by atoms with Gasteiger partial charge in [0.1, 0.15) is 36.9 Å². The first-order valence-corrected chi connectivity index (χ1v) is 15.5. The number of aromatic nitrogens is 6. The molecule has 0 spiro atoms. The summed E-state index contributed by atoms with van der Waals surface area (Å²) in [6.07, 6.45) is -5.27. The van der Waals surface area contributed by atoms with Gasteiger partial charge in [0.25, 0.3) is 11.1 Å². The minimum Gasteiger partial charge on any atom is -0.394 e. The molecular formula is C20H27N7O14P2. The summed E-state index contributed by atoms with van der Waals surface area (Å²) in [7, 11) is -10.0. The summed E-state index contributed by atoms with van der Waals surface area (Å²) in [5.74, 6) is -0.224. The van der Waals surface area contributed by atoms with Gasteiger partial charge in [-0.25, -0.2) is 18.9 Å². The molecule has 2 aliphatic rings. The first-order chi connectivity index (χ1) is 20.1. The number of phosphoric ester groups is 2. The van der Waals surface area contributed by atoms with Gasteiger partial charge in [0.15, 0.2) is 11.2 Å². The van der Waals surface area contributed by atoms with Crippen molar-refractivity contribution in [2.75, 3.05) is 18.9 Å².